The van der Waals surface area contributed by atoms with Crippen molar-refractivity contribution in [3.63, 3.8) is 0 Å². The van der Waals surface area contributed by atoms with Gasteiger partial charge in [-0.15, -0.1) is 21.1 Å². The van der Waals surface area contributed by atoms with E-state index in [2.05, 4.69) is 250 Å². The summed E-state index contributed by atoms with van der Waals surface area (Å²) in [6.07, 6.45) is 19.2. The molecule has 16 aromatic carbocycles. The number of thioether (sulfide) groups is 1. The molecule has 740 valence electrons. The second kappa shape index (κ2) is 51.4. The number of aromatic nitrogens is 18. The van der Waals surface area contributed by atoms with Gasteiger partial charge < -0.3 is 17.8 Å². The van der Waals surface area contributed by atoms with Gasteiger partial charge in [-0.05, 0) is 260 Å². The van der Waals surface area contributed by atoms with Crippen LogP contribution in [0.1, 0.15) is 55.6 Å². The average Bonchev–Trinajstić information content (AvgIpc) is 1.44. The third kappa shape index (κ3) is 30.0. The number of nitrogens with two attached hydrogens (primary N) is 2. The minimum absolute atomic E-state index is 0.0102. The standard InChI is InChI=1S/C22H18ClN3O.C20H14N4.C20H17N3O.C19H16N4O3S.C16H15ClN4O3S2.C16H11ClN4/c23-21-12-20(9-10-22(21)27-14-17-5-2-1-3-6-17)19-8-4-7-18(11-19)13-26-16-24-15-25-26;21-11-19-8-7-18(10-20(19)12-24-14-22-13-23-24)17-6-5-15-3-1-2-4-16(15)9-17;1-24-20-8-7-18-10-17(5-6-19(18)11-20)16-4-2-3-15(9-16)12-23-14-21-13-22-23;20-25-26-27-24-19-7-6-17-9-16(4-5-18(17)10-19)15-3-1-2-14(8-15)11-23-13-21-12-22-23;17-15-7-14(5-6-16(15)24-26(18,22)23)25-9-13-3-1-12(2-4-13)8-21-11-19-10-20-21;17-16-3-1-2-12(7-16)13-4-5-14(8-18)15(6-13)9-21-11-19-10-20-21/h1-12,15-16H,13-14H2;1-10,13-14H,12H2;2-11,13-14H,12H2,1H3;1-10,12-13H,11,20H2;1-7,10-11H,8-9H2,(H2,18,22,23);1-7,10-11H,9H2. The van der Waals surface area contributed by atoms with Crippen LogP contribution in [-0.4, -0.2) is 104 Å². The van der Waals surface area contributed by atoms with E-state index in [1.807, 2.05) is 162 Å². The molecule has 0 unspecified atom stereocenters. The van der Waals surface area contributed by atoms with Crippen molar-refractivity contribution in [1.82, 2.24) is 88.6 Å². The molecule has 0 aliphatic rings. The molecule has 0 saturated carbocycles. The highest BCUT2D eigenvalue weighted by atomic mass is 35.5. The first kappa shape index (κ1) is 103. The summed E-state index contributed by atoms with van der Waals surface area (Å²) in [5.41, 5.74) is 21.2. The zero-order chi connectivity index (χ0) is 103. The van der Waals surface area contributed by atoms with Crippen LogP contribution in [0.2, 0.25) is 15.1 Å². The Balaban J connectivity index is 0.000000122. The fourth-order valence-corrected chi connectivity index (χ4v) is 18.1. The predicted octanol–water partition coefficient (Wildman–Crippen LogP) is 23.7. The van der Waals surface area contributed by atoms with E-state index < -0.39 is 10.3 Å². The number of nitrogens with zero attached hydrogens (tertiary/aromatic N) is 20. The summed E-state index contributed by atoms with van der Waals surface area (Å²) in [4.78, 5) is 28.6. The topological polar surface area (TPSA) is 373 Å². The van der Waals surface area contributed by atoms with Gasteiger partial charge in [0, 0.05) is 15.7 Å². The molecule has 22 aromatic rings. The van der Waals surface area contributed by atoms with Crippen LogP contribution >= 0.6 is 58.9 Å². The Morgan fingerprint density at radius 3 is 1.17 bits per heavy atom. The Morgan fingerprint density at radius 2 is 0.718 bits per heavy atom. The van der Waals surface area contributed by atoms with Crippen LogP contribution in [-0.2, 0) is 71.3 Å². The number of halogens is 3. The van der Waals surface area contributed by atoms with Crippen LogP contribution < -0.4 is 28.9 Å². The number of benzene rings is 16. The second-order valence-electron chi connectivity index (χ2n) is 33.4. The monoisotopic (exact) mass is 2080 g/mol. The first-order chi connectivity index (χ1) is 72.9. The first-order valence-electron chi connectivity index (χ1n) is 46.1. The lowest BCUT2D eigenvalue weighted by atomic mass is 9.97. The lowest BCUT2D eigenvalue weighted by Crippen LogP contribution is -2.19. The molecule has 22 rings (SSSR count). The van der Waals surface area contributed by atoms with E-state index in [0.717, 1.165) is 112 Å². The molecule has 6 aromatic heterocycles. The van der Waals surface area contributed by atoms with Gasteiger partial charge in [-0.1, -0.05) is 247 Å². The van der Waals surface area contributed by atoms with Crippen LogP contribution in [0.5, 0.6) is 23.0 Å². The quantitative estimate of drug-likeness (QED) is 0.0139. The number of hydrogen-bond donors (Lipinski definition) is 2. The highest BCUT2D eigenvalue weighted by Crippen LogP contribution is 2.38. The summed E-state index contributed by atoms with van der Waals surface area (Å²) in [5, 5.41) is 56.7. The van der Waals surface area contributed by atoms with Crippen LogP contribution in [0.15, 0.2) is 421 Å². The van der Waals surface area contributed by atoms with Crippen molar-refractivity contribution in [2.45, 2.75) is 56.5 Å². The Hall–Kier alpha value is -17.3. The van der Waals surface area contributed by atoms with E-state index in [1.54, 1.807) is 105 Å². The minimum atomic E-state index is -4.09. The Labute approximate surface area is 881 Å². The maximum atomic E-state index is 11.0. The molecule has 36 heteroatoms. The van der Waals surface area contributed by atoms with Gasteiger partial charge in [0.25, 0.3) is 12.3 Å². The zero-order valence-electron chi connectivity index (χ0n) is 79.6. The van der Waals surface area contributed by atoms with E-state index in [1.165, 1.54) is 75.2 Å². The molecule has 30 nitrogen and oxygen atoms in total. The van der Waals surface area contributed by atoms with Crippen LogP contribution in [0, 0.1) is 22.7 Å². The Morgan fingerprint density at radius 1 is 0.342 bits per heavy atom. The van der Waals surface area contributed by atoms with E-state index in [-0.39, 0.29) is 10.8 Å². The van der Waals surface area contributed by atoms with Gasteiger partial charge in [-0.25, -0.2) is 58.0 Å². The minimum Gasteiger partial charge on any atom is -0.497 e. The van der Waals surface area contributed by atoms with Crippen molar-refractivity contribution < 1.29 is 35.6 Å². The van der Waals surface area contributed by atoms with Gasteiger partial charge in [0.05, 0.1) is 79.7 Å². The van der Waals surface area contributed by atoms with Crippen molar-refractivity contribution in [1.29, 1.82) is 10.5 Å². The fourth-order valence-electron chi connectivity index (χ4n) is 15.9. The van der Waals surface area contributed by atoms with Gasteiger partial charge in [0.15, 0.2) is 5.75 Å². The molecule has 0 fully saturated rings. The summed E-state index contributed by atoms with van der Waals surface area (Å²) in [6, 6.07) is 117. The van der Waals surface area contributed by atoms with E-state index in [0.29, 0.717) is 84.3 Å². The molecular formula is C113H91Cl3N22O8S3. The molecule has 0 bridgehead atoms. The number of nitriles is 2. The van der Waals surface area contributed by atoms with Gasteiger partial charge in [0.2, 0.25) is 0 Å². The van der Waals surface area contributed by atoms with Gasteiger partial charge in [-0.3, -0.25) is 0 Å². The van der Waals surface area contributed by atoms with Crippen molar-refractivity contribution in [3.05, 3.63) is 486 Å². The second-order valence-corrected chi connectivity index (χ2v) is 37.3. The fraction of sp³-hybridized carbons (Fsp3) is 0.0796. The smallest absolute Gasteiger partial charge is 0.380 e. The average molecular weight is 2090 g/mol. The summed E-state index contributed by atoms with van der Waals surface area (Å²) >= 11 is 20.8. The molecule has 0 atom stereocenters. The van der Waals surface area contributed by atoms with Crippen LogP contribution in [0.3, 0.4) is 0 Å². The molecule has 0 saturated heterocycles. The lowest BCUT2D eigenvalue weighted by molar-refractivity contribution is -0.199. The molecule has 0 amide bonds. The molecule has 0 aliphatic carbocycles. The molecule has 6 heterocycles. The molecule has 0 spiro atoms. The molecule has 4 N–H and O–H groups in total. The van der Waals surface area contributed by atoms with Crippen LogP contribution in [0.4, 0.5) is 0 Å². The number of methoxy groups -OCH3 is 1. The van der Waals surface area contributed by atoms with Crippen molar-refractivity contribution in [2.24, 2.45) is 11.0 Å². The number of hydrogen-bond acceptors (Lipinski definition) is 25. The zero-order valence-corrected chi connectivity index (χ0v) is 84.4. The predicted molar refractivity (Wildman–Crippen MR) is 579 cm³/mol. The molecule has 0 aliphatic heterocycles. The number of ether oxygens (including phenoxy) is 2. The Kier molecular flexibility index (Phi) is 35.6. The Bertz CT molecular complexity index is 8390. The van der Waals surface area contributed by atoms with Crippen molar-refractivity contribution >= 4 is 102 Å². The lowest BCUT2D eigenvalue weighted by Gasteiger charge is -2.11. The summed E-state index contributed by atoms with van der Waals surface area (Å²) in [7, 11) is -2.40. The third-order valence-electron chi connectivity index (χ3n) is 23.1. The SMILES string of the molecule is COc1ccc2cc(-c3cccc(Cn4cncn4)c3)ccc2c1.Clc1cc(-c2cccc(Cn3cncn3)c2)ccc1OCc1ccccc1.N#Cc1ccc(-c2ccc3ccccc3c2)cc1Cn1cncn1.N#Cc1ccc(-c2cccc(Cl)c2)cc1Cn1cncn1.NOOSOc1ccc2cc(-c3cccc(Cn4cncn4)c3)ccc2c1.NS(=O)(=O)Oc1ccc(SCc2ccc(Cn3cncn3)cc2)cc1Cl. The van der Waals surface area contributed by atoms with Crippen molar-refractivity contribution in [2.75, 3.05) is 7.11 Å². The summed E-state index contributed by atoms with van der Waals surface area (Å²) in [6.45, 7) is 4.30. The van der Waals surface area contributed by atoms with Crippen molar-refractivity contribution in [3.8, 4) is 90.8 Å². The largest absolute Gasteiger partial charge is 0.497 e. The van der Waals surface area contributed by atoms with Crippen LogP contribution in [0.25, 0.3) is 88.0 Å². The van der Waals surface area contributed by atoms with E-state index >= 15 is 0 Å². The highest BCUT2D eigenvalue weighted by Gasteiger charge is 2.17. The highest BCUT2D eigenvalue weighted by molar-refractivity contribution is 7.98. The third-order valence-corrected chi connectivity index (χ3v) is 25.8. The van der Waals surface area contributed by atoms with E-state index in [4.69, 9.17) is 59.5 Å². The summed E-state index contributed by atoms with van der Waals surface area (Å²) in [5.74, 6) is 7.74. The molecule has 149 heavy (non-hydrogen) atoms. The maximum Gasteiger partial charge on any atom is 0.380 e. The first-order valence-corrected chi connectivity index (χ1v) is 50.4. The molecular weight excluding hydrogens is 2000 g/mol. The number of fused-ring (bicyclic) bond motifs is 3. The molecule has 0 radical (unpaired) electrons. The normalized spacial score (nSPS) is 10.8. The van der Waals surface area contributed by atoms with Gasteiger partial charge in [0.1, 0.15) is 99.8 Å². The summed E-state index contributed by atoms with van der Waals surface area (Å²) < 4.78 is 58.0. The van der Waals surface area contributed by atoms with E-state index in [9.17, 15) is 18.9 Å². The van der Waals surface area contributed by atoms with Gasteiger partial charge >= 0.3 is 10.3 Å². The number of rotatable bonds is 30. The maximum absolute atomic E-state index is 11.0. The van der Waals surface area contributed by atoms with Gasteiger partial charge in [-0.2, -0.15) is 60.6 Å².